The third-order valence-corrected chi connectivity index (χ3v) is 5.50. The number of ether oxygens (including phenoxy) is 2. The number of carbonyl (C=O) groups excluding carboxylic acids is 2. The highest BCUT2D eigenvalue weighted by molar-refractivity contribution is 7.99. The standard InChI is InChI=1S/C19H25N5O4S/c1-27-13-8-9-14(15(10-13)28-2)17-22-19(24-23-17)29-11-16(25)21-18(26)20-12-6-4-3-5-7-12/h8-10,12H,3-7,11H2,1-2H3,(H,22,23,24)(H2,20,21,25,26). The Morgan fingerprint density at radius 2 is 2.00 bits per heavy atom. The van der Waals surface area contributed by atoms with E-state index in [-0.39, 0.29) is 11.8 Å². The van der Waals surface area contributed by atoms with Crippen molar-refractivity contribution in [2.75, 3.05) is 20.0 Å². The number of urea groups is 1. The number of methoxy groups -OCH3 is 2. The maximum atomic E-state index is 12.0. The topological polar surface area (TPSA) is 118 Å². The molecule has 9 nitrogen and oxygen atoms in total. The molecule has 1 aromatic heterocycles. The molecule has 0 radical (unpaired) electrons. The van der Waals surface area contributed by atoms with E-state index in [0.29, 0.717) is 22.5 Å². The van der Waals surface area contributed by atoms with E-state index < -0.39 is 11.9 Å². The molecule has 0 aliphatic heterocycles. The van der Waals surface area contributed by atoms with Crippen molar-refractivity contribution in [2.24, 2.45) is 0 Å². The van der Waals surface area contributed by atoms with Gasteiger partial charge in [0.1, 0.15) is 11.5 Å². The van der Waals surface area contributed by atoms with Crippen LogP contribution in [0.15, 0.2) is 23.4 Å². The maximum Gasteiger partial charge on any atom is 0.321 e. The average molecular weight is 420 g/mol. The van der Waals surface area contributed by atoms with Crippen molar-refractivity contribution < 1.29 is 19.1 Å². The normalized spacial score (nSPS) is 14.3. The molecule has 29 heavy (non-hydrogen) atoms. The Hall–Kier alpha value is -2.75. The zero-order valence-corrected chi connectivity index (χ0v) is 17.3. The zero-order chi connectivity index (χ0) is 20.6. The molecule has 3 amide bonds. The third-order valence-electron chi connectivity index (χ3n) is 4.65. The number of aromatic nitrogens is 3. The molecule has 1 aliphatic carbocycles. The SMILES string of the molecule is COc1ccc(-c2nc(SCC(=O)NC(=O)NC3CCCCC3)n[nH]2)c(OC)c1. The Bertz CT molecular complexity index is 851. The van der Waals surface area contributed by atoms with Crippen LogP contribution < -0.4 is 20.1 Å². The first-order chi connectivity index (χ1) is 14.1. The second-order valence-electron chi connectivity index (χ2n) is 6.68. The number of hydrogen-bond acceptors (Lipinski definition) is 7. The predicted molar refractivity (Wildman–Crippen MR) is 109 cm³/mol. The number of amides is 3. The fourth-order valence-electron chi connectivity index (χ4n) is 3.19. The van der Waals surface area contributed by atoms with Crippen LogP contribution >= 0.6 is 11.8 Å². The molecule has 1 fully saturated rings. The van der Waals surface area contributed by atoms with Gasteiger partial charge in [-0.1, -0.05) is 31.0 Å². The minimum absolute atomic E-state index is 0.0368. The zero-order valence-electron chi connectivity index (χ0n) is 16.5. The van der Waals surface area contributed by atoms with Crippen LogP contribution in [0, 0.1) is 0 Å². The van der Waals surface area contributed by atoms with E-state index in [2.05, 4.69) is 25.8 Å². The number of H-pyrrole nitrogens is 1. The number of carbonyl (C=O) groups is 2. The molecule has 0 bridgehead atoms. The fraction of sp³-hybridized carbons (Fsp3) is 0.474. The van der Waals surface area contributed by atoms with E-state index in [9.17, 15) is 9.59 Å². The summed E-state index contributed by atoms with van der Waals surface area (Å²) in [5.41, 5.74) is 0.726. The highest BCUT2D eigenvalue weighted by atomic mass is 32.2. The molecular weight excluding hydrogens is 394 g/mol. The smallest absolute Gasteiger partial charge is 0.321 e. The first-order valence-corrected chi connectivity index (χ1v) is 10.5. The lowest BCUT2D eigenvalue weighted by Gasteiger charge is -2.22. The number of hydrogen-bond donors (Lipinski definition) is 3. The number of thioether (sulfide) groups is 1. The van der Waals surface area contributed by atoms with Gasteiger partial charge in [0, 0.05) is 12.1 Å². The maximum absolute atomic E-state index is 12.0. The Kier molecular flexibility index (Phi) is 7.34. The van der Waals surface area contributed by atoms with Gasteiger partial charge in [-0.3, -0.25) is 15.2 Å². The second-order valence-corrected chi connectivity index (χ2v) is 7.62. The van der Waals surface area contributed by atoms with Crippen LogP contribution in [0.2, 0.25) is 0 Å². The molecule has 10 heteroatoms. The van der Waals surface area contributed by atoms with Gasteiger partial charge in [0.2, 0.25) is 11.1 Å². The predicted octanol–water partition coefficient (Wildman–Crippen LogP) is 2.74. The van der Waals surface area contributed by atoms with Gasteiger partial charge in [-0.2, -0.15) is 0 Å². The summed E-state index contributed by atoms with van der Waals surface area (Å²) < 4.78 is 10.6. The molecular formula is C19H25N5O4S. The van der Waals surface area contributed by atoms with Gasteiger partial charge >= 0.3 is 6.03 Å². The summed E-state index contributed by atoms with van der Waals surface area (Å²) >= 11 is 1.14. The van der Waals surface area contributed by atoms with Crippen LogP contribution in [-0.2, 0) is 4.79 Å². The van der Waals surface area contributed by atoms with Gasteiger partial charge < -0.3 is 14.8 Å². The molecule has 1 heterocycles. The summed E-state index contributed by atoms with van der Waals surface area (Å²) in [7, 11) is 3.14. The fourth-order valence-corrected chi connectivity index (χ4v) is 3.79. The van der Waals surface area contributed by atoms with E-state index in [1.807, 2.05) is 6.07 Å². The number of rotatable bonds is 7. The van der Waals surface area contributed by atoms with Crippen LogP contribution in [-0.4, -0.2) is 53.1 Å². The lowest BCUT2D eigenvalue weighted by Crippen LogP contribution is -2.45. The molecule has 0 unspecified atom stereocenters. The molecule has 1 aromatic carbocycles. The minimum atomic E-state index is -0.443. The Morgan fingerprint density at radius 3 is 2.72 bits per heavy atom. The summed E-state index contributed by atoms with van der Waals surface area (Å²) in [5.74, 6) is 1.42. The molecule has 0 atom stereocenters. The van der Waals surface area contributed by atoms with E-state index in [1.165, 1.54) is 6.42 Å². The molecule has 0 saturated heterocycles. The molecule has 3 rings (SSSR count). The minimum Gasteiger partial charge on any atom is -0.497 e. The van der Waals surface area contributed by atoms with Gasteiger partial charge in [0.05, 0.1) is 25.5 Å². The molecule has 156 valence electrons. The van der Waals surface area contributed by atoms with E-state index in [4.69, 9.17) is 9.47 Å². The third kappa shape index (κ3) is 5.86. The number of nitrogens with one attached hydrogen (secondary N) is 3. The number of nitrogens with zero attached hydrogens (tertiary/aromatic N) is 2. The summed E-state index contributed by atoms with van der Waals surface area (Å²) in [6, 6.07) is 5.07. The summed E-state index contributed by atoms with van der Waals surface area (Å²) in [6.45, 7) is 0. The molecule has 0 spiro atoms. The van der Waals surface area contributed by atoms with Crippen molar-refractivity contribution in [3.8, 4) is 22.9 Å². The van der Waals surface area contributed by atoms with E-state index >= 15 is 0 Å². The van der Waals surface area contributed by atoms with Crippen LogP contribution in [0.4, 0.5) is 4.79 Å². The Labute approximate surface area is 173 Å². The van der Waals surface area contributed by atoms with Crippen LogP contribution in [0.5, 0.6) is 11.5 Å². The van der Waals surface area contributed by atoms with Crippen molar-refractivity contribution >= 4 is 23.7 Å². The van der Waals surface area contributed by atoms with Gasteiger partial charge in [-0.15, -0.1) is 5.10 Å². The monoisotopic (exact) mass is 419 g/mol. The molecule has 1 aliphatic rings. The quantitative estimate of drug-likeness (QED) is 0.591. The molecule has 3 N–H and O–H groups in total. The van der Waals surface area contributed by atoms with Gasteiger partial charge in [-0.25, -0.2) is 9.78 Å². The van der Waals surface area contributed by atoms with Gasteiger partial charge in [0.25, 0.3) is 0 Å². The largest absolute Gasteiger partial charge is 0.497 e. The first kappa shape index (κ1) is 21.0. The lowest BCUT2D eigenvalue weighted by molar-refractivity contribution is -0.117. The van der Waals surface area contributed by atoms with Crippen molar-refractivity contribution in [2.45, 2.75) is 43.3 Å². The average Bonchev–Trinajstić information content (AvgIpc) is 3.21. The second kappa shape index (κ2) is 10.1. The highest BCUT2D eigenvalue weighted by Gasteiger charge is 2.18. The Morgan fingerprint density at radius 1 is 1.21 bits per heavy atom. The van der Waals surface area contributed by atoms with Gasteiger partial charge in [0.15, 0.2) is 5.82 Å². The van der Waals surface area contributed by atoms with Crippen LogP contribution in [0.3, 0.4) is 0 Å². The van der Waals surface area contributed by atoms with Crippen molar-refractivity contribution in [1.82, 2.24) is 25.8 Å². The van der Waals surface area contributed by atoms with Gasteiger partial charge in [-0.05, 0) is 25.0 Å². The van der Waals surface area contributed by atoms with Crippen LogP contribution in [0.25, 0.3) is 11.4 Å². The number of aromatic amines is 1. The lowest BCUT2D eigenvalue weighted by atomic mass is 9.96. The molecule has 2 aromatic rings. The summed E-state index contributed by atoms with van der Waals surface area (Å²) in [4.78, 5) is 28.3. The number of benzene rings is 1. The Balaban J connectivity index is 1.51. The molecule has 1 saturated carbocycles. The van der Waals surface area contributed by atoms with Crippen LogP contribution in [0.1, 0.15) is 32.1 Å². The summed E-state index contributed by atoms with van der Waals surface area (Å²) in [5, 5.41) is 12.6. The first-order valence-electron chi connectivity index (χ1n) is 9.47. The van der Waals surface area contributed by atoms with Crippen molar-refractivity contribution in [3.63, 3.8) is 0 Å². The van der Waals surface area contributed by atoms with Crippen molar-refractivity contribution in [1.29, 1.82) is 0 Å². The number of imide groups is 1. The highest BCUT2D eigenvalue weighted by Crippen LogP contribution is 2.31. The van der Waals surface area contributed by atoms with E-state index in [0.717, 1.165) is 43.0 Å². The van der Waals surface area contributed by atoms with Crippen molar-refractivity contribution in [3.05, 3.63) is 18.2 Å². The van der Waals surface area contributed by atoms with E-state index in [1.54, 1.807) is 26.4 Å². The summed E-state index contributed by atoms with van der Waals surface area (Å²) in [6.07, 6.45) is 5.36.